The minimum absolute atomic E-state index is 0. The van der Waals surface area contributed by atoms with Crippen LogP contribution in [0, 0.1) is 0 Å². The van der Waals surface area contributed by atoms with Crippen LogP contribution in [-0.4, -0.2) is 11.7 Å². The number of nitrogens with two attached hydrogens (primary N) is 2. The van der Waals surface area contributed by atoms with E-state index < -0.39 is 6.04 Å². The quantitative estimate of drug-likeness (QED) is 0.759. The summed E-state index contributed by atoms with van der Waals surface area (Å²) in [7, 11) is 0. The highest BCUT2D eigenvalue weighted by molar-refractivity contribution is 6.35. The highest BCUT2D eigenvalue weighted by atomic mass is 35.5. The van der Waals surface area contributed by atoms with E-state index in [9.17, 15) is 5.11 Å². The molecule has 5 N–H and O–H groups in total. The molecule has 0 saturated heterocycles. The third-order valence-corrected chi connectivity index (χ3v) is 2.23. The van der Waals surface area contributed by atoms with E-state index in [0.29, 0.717) is 15.6 Å². The molecule has 0 aliphatic rings. The Morgan fingerprint density at radius 2 is 1.93 bits per heavy atom. The monoisotopic (exact) mass is 256 g/mol. The molecule has 0 radical (unpaired) electrons. The Balaban J connectivity index is 0.00000169. The fourth-order valence-corrected chi connectivity index (χ4v) is 1.68. The molecule has 0 aliphatic heterocycles. The van der Waals surface area contributed by atoms with Crippen LogP contribution in [0.2, 0.25) is 10.0 Å². The van der Waals surface area contributed by atoms with Gasteiger partial charge in [0.05, 0.1) is 5.02 Å². The van der Waals surface area contributed by atoms with E-state index in [1.807, 2.05) is 0 Å². The molecular weight excluding hydrogens is 246 g/mol. The predicted molar refractivity (Wildman–Crippen MR) is 61.4 cm³/mol. The molecule has 1 aromatic carbocycles. The van der Waals surface area contributed by atoms with Crippen LogP contribution in [0.15, 0.2) is 12.1 Å². The van der Waals surface area contributed by atoms with Crippen LogP contribution >= 0.6 is 35.6 Å². The van der Waals surface area contributed by atoms with Crippen LogP contribution in [0.5, 0.6) is 5.75 Å². The molecule has 0 heterocycles. The zero-order valence-electron chi connectivity index (χ0n) is 7.21. The van der Waals surface area contributed by atoms with Gasteiger partial charge in [-0.15, -0.1) is 12.4 Å². The number of phenols is 1. The average molecular weight is 258 g/mol. The summed E-state index contributed by atoms with van der Waals surface area (Å²) in [4.78, 5) is 0. The Hall–Kier alpha value is -0.190. The van der Waals surface area contributed by atoms with Crippen molar-refractivity contribution in [3.05, 3.63) is 27.7 Å². The van der Waals surface area contributed by atoms with Gasteiger partial charge in [-0.2, -0.15) is 0 Å². The van der Waals surface area contributed by atoms with Crippen molar-refractivity contribution in [2.24, 2.45) is 11.5 Å². The summed E-state index contributed by atoms with van der Waals surface area (Å²) in [6.45, 7) is 0.217. The summed E-state index contributed by atoms with van der Waals surface area (Å²) in [5.74, 6) is -0.0181. The lowest BCUT2D eigenvalue weighted by Gasteiger charge is -2.13. The molecule has 0 saturated carbocycles. The largest absolute Gasteiger partial charge is 0.507 e. The molecule has 1 rings (SSSR count). The summed E-state index contributed by atoms with van der Waals surface area (Å²) >= 11 is 11.5. The van der Waals surface area contributed by atoms with Crippen molar-refractivity contribution < 1.29 is 5.11 Å². The number of phenolic OH excluding ortho intramolecular Hbond substituents is 1. The smallest absolute Gasteiger partial charge is 0.123 e. The molecular formula is C8H11Cl3N2O. The minimum atomic E-state index is -0.468. The average Bonchev–Trinajstić information content (AvgIpc) is 2.02. The molecule has 1 aromatic rings. The fraction of sp³-hybridized carbons (Fsp3) is 0.250. The SMILES string of the molecule is Cl.NC[C@H](N)c1c(O)cc(Cl)cc1Cl. The van der Waals surface area contributed by atoms with Crippen molar-refractivity contribution in [2.75, 3.05) is 6.54 Å². The van der Waals surface area contributed by atoms with Crippen LogP contribution < -0.4 is 11.5 Å². The highest BCUT2D eigenvalue weighted by Crippen LogP contribution is 2.33. The number of hydrogen-bond acceptors (Lipinski definition) is 3. The first-order valence-corrected chi connectivity index (χ1v) is 4.45. The number of aromatic hydroxyl groups is 1. The lowest BCUT2D eigenvalue weighted by Crippen LogP contribution is -2.21. The number of halogens is 3. The zero-order chi connectivity index (χ0) is 10.0. The van der Waals surface area contributed by atoms with Crippen molar-refractivity contribution in [1.82, 2.24) is 0 Å². The molecule has 6 heteroatoms. The summed E-state index contributed by atoms with van der Waals surface area (Å²) in [5, 5.41) is 10.2. The van der Waals surface area contributed by atoms with E-state index in [1.165, 1.54) is 12.1 Å². The lowest BCUT2D eigenvalue weighted by molar-refractivity contribution is 0.462. The van der Waals surface area contributed by atoms with Gasteiger partial charge in [-0.05, 0) is 12.1 Å². The minimum Gasteiger partial charge on any atom is -0.507 e. The first-order chi connectivity index (χ1) is 6.06. The lowest BCUT2D eigenvalue weighted by atomic mass is 10.1. The predicted octanol–water partition coefficient (Wildman–Crippen LogP) is 2.08. The van der Waals surface area contributed by atoms with E-state index in [1.54, 1.807) is 0 Å². The molecule has 3 nitrogen and oxygen atoms in total. The number of rotatable bonds is 2. The van der Waals surface area contributed by atoms with Crippen LogP contribution in [-0.2, 0) is 0 Å². The van der Waals surface area contributed by atoms with E-state index in [4.69, 9.17) is 34.7 Å². The van der Waals surface area contributed by atoms with E-state index >= 15 is 0 Å². The Bertz CT molecular complexity index is 296. The van der Waals surface area contributed by atoms with Crippen LogP contribution in [0.4, 0.5) is 0 Å². The van der Waals surface area contributed by atoms with Crippen molar-refractivity contribution in [3.8, 4) is 5.75 Å². The third-order valence-electron chi connectivity index (χ3n) is 1.70. The maximum absolute atomic E-state index is 9.47. The molecule has 0 fully saturated rings. The molecule has 80 valence electrons. The molecule has 0 aliphatic carbocycles. The van der Waals surface area contributed by atoms with Crippen molar-refractivity contribution in [3.63, 3.8) is 0 Å². The summed E-state index contributed by atoms with van der Waals surface area (Å²) < 4.78 is 0. The molecule has 14 heavy (non-hydrogen) atoms. The molecule has 1 atom stereocenters. The zero-order valence-corrected chi connectivity index (χ0v) is 9.53. The van der Waals surface area contributed by atoms with Gasteiger partial charge in [0.15, 0.2) is 0 Å². The first-order valence-electron chi connectivity index (χ1n) is 3.69. The van der Waals surface area contributed by atoms with Crippen molar-refractivity contribution in [1.29, 1.82) is 0 Å². The topological polar surface area (TPSA) is 72.3 Å². The van der Waals surface area contributed by atoms with Gasteiger partial charge in [0.2, 0.25) is 0 Å². The van der Waals surface area contributed by atoms with E-state index in [-0.39, 0.29) is 24.7 Å². The molecule has 0 amide bonds. The molecule has 0 bridgehead atoms. The van der Waals surface area contributed by atoms with Gasteiger partial charge < -0.3 is 16.6 Å². The normalized spacial score (nSPS) is 12.0. The van der Waals surface area contributed by atoms with Gasteiger partial charge in [-0.3, -0.25) is 0 Å². The highest BCUT2D eigenvalue weighted by Gasteiger charge is 2.14. The van der Waals surface area contributed by atoms with Crippen LogP contribution in [0.3, 0.4) is 0 Å². The van der Waals surface area contributed by atoms with E-state index in [2.05, 4.69) is 0 Å². The van der Waals surface area contributed by atoms with Gasteiger partial charge in [0.25, 0.3) is 0 Å². The van der Waals surface area contributed by atoms with Gasteiger partial charge >= 0.3 is 0 Å². The van der Waals surface area contributed by atoms with E-state index in [0.717, 1.165) is 0 Å². The summed E-state index contributed by atoms with van der Waals surface area (Å²) in [6.07, 6.45) is 0. The van der Waals surface area contributed by atoms with Crippen molar-refractivity contribution in [2.45, 2.75) is 6.04 Å². The van der Waals surface area contributed by atoms with Gasteiger partial charge in [-0.1, -0.05) is 23.2 Å². The molecule has 0 unspecified atom stereocenters. The maximum atomic E-state index is 9.47. The Labute approximate surface area is 98.4 Å². The van der Waals surface area contributed by atoms with Gasteiger partial charge in [0, 0.05) is 23.2 Å². The fourth-order valence-electron chi connectivity index (χ4n) is 1.06. The molecule has 0 spiro atoms. The maximum Gasteiger partial charge on any atom is 0.123 e. The second-order valence-corrected chi connectivity index (χ2v) is 3.51. The Morgan fingerprint density at radius 3 is 2.36 bits per heavy atom. The number of hydrogen-bond donors (Lipinski definition) is 3. The summed E-state index contributed by atoms with van der Waals surface area (Å²) in [5.41, 5.74) is 11.4. The second kappa shape index (κ2) is 5.63. The van der Waals surface area contributed by atoms with Crippen molar-refractivity contribution >= 4 is 35.6 Å². The molecule has 0 aromatic heterocycles. The second-order valence-electron chi connectivity index (χ2n) is 2.66. The van der Waals surface area contributed by atoms with Crippen LogP contribution in [0.25, 0.3) is 0 Å². The third kappa shape index (κ3) is 2.90. The van der Waals surface area contributed by atoms with Crippen LogP contribution in [0.1, 0.15) is 11.6 Å². The Kier molecular flexibility index (Phi) is 5.56. The number of benzene rings is 1. The van der Waals surface area contributed by atoms with Gasteiger partial charge in [0.1, 0.15) is 5.75 Å². The first kappa shape index (κ1) is 13.8. The van der Waals surface area contributed by atoms with Gasteiger partial charge in [-0.25, -0.2) is 0 Å². The Morgan fingerprint density at radius 1 is 1.36 bits per heavy atom. The standard InChI is InChI=1S/C8H10Cl2N2O.ClH/c9-4-1-5(10)8(6(12)3-11)7(13)2-4;/h1-2,6,13H,3,11-12H2;1H/t6-;/m0./s1. The summed E-state index contributed by atoms with van der Waals surface area (Å²) in [6, 6.07) is 2.44.